The Balaban J connectivity index is 0.00000242. The third-order valence-corrected chi connectivity index (χ3v) is 7.21. The lowest BCUT2D eigenvalue weighted by molar-refractivity contribution is -0.118. The minimum atomic E-state index is -0.0879. The van der Waals surface area contributed by atoms with Crippen molar-refractivity contribution < 1.29 is 24.1 Å². The maximum absolute atomic E-state index is 11.4. The fourth-order valence-electron chi connectivity index (χ4n) is 4.87. The van der Waals surface area contributed by atoms with E-state index in [2.05, 4.69) is 21.7 Å². The standard InChI is InChI=1S/C31H36N4O5.2ClH/c1-5-26-24-16-29(39-4)28(38-3)15-23(24)25(31(37)35-26)14-21-12-20-13-22(40-17-19-6-7-19)8-9-27(20)34-30(21)33-11-10-32-18(2)36;;/h8-9,12-13,15-16,19H,5-7,10-11,14,17H2,1-4H3,(H,32,36)(H,33,34)(H,35,37);2*1H. The second kappa shape index (κ2) is 14.5. The van der Waals surface area contributed by atoms with E-state index in [1.807, 2.05) is 37.3 Å². The van der Waals surface area contributed by atoms with Gasteiger partial charge in [0.05, 0.1) is 32.0 Å². The Hall–Kier alpha value is -3.69. The molecule has 1 aliphatic rings. The molecule has 0 aliphatic heterocycles. The molecule has 1 amide bonds. The number of pyridine rings is 2. The Morgan fingerprint density at radius 1 is 1.00 bits per heavy atom. The zero-order chi connectivity index (χ0) is 28.2. The topological polar surface area (TPSA) is 115 Å². The van der Waals surface area contributed by atoms with Crippen molar-refractivity contribution in [1.82, 2.24) is 15.3 Å². The SMILES string of the molecule is CCc1nc(O)c(Cc2cc3cc(OCC4CC4)ccc3nc2NCCNC(C)=O)c2cc(OC)c(OC)cc12.Cl.Cl. The fraction of sp³-hybridized carbons (Fsp3) is 0.387. The van der Waals surface area contributed by atoms with Crippen molar-refractivity contribution in [3.05, 3.63) is 53.2 Å². The molecule has 1 fully saturated rings. The molecular formula is C31H38Cl2N4O5. The number of methoxy groups -OCH3 is 2. The molecular weight excluding hydrogens is 579 g/mol. The summed E-state index contributed by atoms with van der Waals surface area (Å²) >= 11 is 0. The van der Waals surface area contributed by atoms with Gasteiger partial charge in [-0.15, -0.1) is 24.8 Å². The lowest BCUT2D eigenvalue weighted by Gasteiger charge is -2.17. The number of aromatic hydroxyl groups is 1. The van der Waals surface area contributed by atoms with Crippen LogP contribution in [0.2, 0.25) is 0 Å². The first-order valence-electron chi connectivity index (χ1n) is 13.7. The first-order chi connectivity index (χ1) is 19.4. The zero-order valence-electron chi connectivity index (χ0n) is 24.3. The number of halogens is 2. The lowest BCUT2D eigenvalue weighted by Crippen LogP contribution is -2.26. The summed E-state index contributed by atoms with van der Waals surface area (Å²) in [7, 11) is 3.20. The van der Waals surface area contributed by atoms with E-state index in [0.717, 1.165) is 45.3 Å². The van der Waals surface area contributed by atoms with Crippen LogP contribution in [0.15, 0.2) is 36.4 Å². The molecule has 3 N–H and O–H groups in total. The number of nitrogens with one attached hydrogen (secondary N) is 2. The molecule has 1 saturated carbocycles. The molecule has 0 unspecified atom stereocenters. The van der Waals surface area contributed by atoms with Gasteiger partial charge in [-0.2, -0.15) is 0 Å². The molecule has 0 atom stereocenters. The number of rotatable bonds is 12. The van der Waals surface area contributed by atoms with Crippen molar-refractivity contribution >= 4 is 58.2 Å². The molecule has 0 radical (unpaired) electrons. The third kappa shape index (κ3) is 7.38. The van der Waals surface area contributed by atoms with Gasteiger partial charge in [0, 0.05) is 42.8 Å². The average Bonchev–Trinajstić information content (AvgIpc) is 3.79. The van der Waals surface area contributed by atoms with Crippen molar-refractivity contribution in [2.75, 3.05) is 39.2 Å². The van der Waals surface area contributed by atoms with E-state index in [4.69, 9.17) is 19.2 Å². The molecule has 4 aromatic rings. The van der Waals surface area contributed by atoms with Gasteiger partial charge in [0.1, 0.15) is 11.6 Å². The molecule has 42 heavy (non-hydrogen) atoms. The van der Waals surface area contributed by atoms with Gasteiger partial charge >= 0.3 is 0 Å². The number of aromatic nitrogens is 2. The van der Waals surface area contributed by atoms with Gasteiger partial charge in [-0.3, -0.25) is 4.79 Å². The molecule has 9 nitrogen and oxygen atoms in total. The van der Waals surface area contributed by atoms with Gasteiger partial charge in [-0.1, -0.05) is 6.92 Å². The summed E-state index contributed by atoms with van der Waals surface area (Å²) < 4.78 is 17.1. The van der Waals surface area contributed by atoms with Gasteiger partial charge in [-0.05, 0) is 72.5 Å². The van der Waals surface area contributed by atoms with E-state index in [0.29, 0.717) is 54.7 Å². The number of nitrogens with zero attached hydrogens (tertiary/aromatic N) is 2. The molecule has 0 spiro atoms. The highest BCUT2D eigenvalue weighted by Gasteiger charge is 2.22. The number of aryl methyl sites for hydroxylation is 1. The Labute approximate surface area is 258 Å². The number of amides is 1. The minimum Gasteiger partial charge on any atom is -0.493 e. The summed E-state index contributed by atoms with van der Waals surface area (Å²) in [6.07, 6.45) is 3.47. The van der Waals surface area contributed by atoms with Crippen LogP contribution in [0, 0.1) is 5.92 Å². The normalized spacial score (nSPS) is 12.3. The zero-order valence-corrected chi connectivity index (χ0v) is 25.9. The summed E-state index contributed by atoms with van der Waals surface area (Å²) in [5, 5.41) is 20.0. The number of carbonyl (C=O) groups is 1. The Bertz CT molecular complexity index is 1560. The summed E-state index contributed by atoms with van der Waals surface area (Å²) in [5.74, 6) is 3.22. The summed E-state index contributed by atoms with van der Waals surface area (Å²) in [4.78, 5) is 20.8. The monoisotopic (exact) mass is 616 g/mol. The van der Waals surface area contributed by atoms with Crippen LogP contribution >= 0.6 is 24.8 Å². The van der Waals surface area contributed by atoms with Crippen LogP contribution in [0.1, 0.15) is 43.5 Å². The highest BCUT2D eigenvalue weighted by Crippen LogP contribution is 2.39. The maximum Gasteiger partial charge on any atom is 0.216 e. The van der Waals surface area contributed by atoms with E-state index in [9.17, 15) is 9.90 Å². The van der Waals surface area contributed by atoms with Crippen LogP contribution in [0.4, 0.5) is 5.82 Å². The number of hydrogen-bond donors (Lipinski definition) is 3. The average molecular weight is 618 g/mol. The summed E-state index contributed by atoms with van der Waals surface area (Å²) in [5.41, 5.74) is 3.15. The smallest absolute Gasteiger partial charge is 0.216 e. The van der Waals surface area contributed by atoms with Crippen LogP contribution in [-0.2, 0) is 17.6 Å². The number of hydrogen-bond acceptors (Lipinski definition) is 8. The van der Waals surface area contributed by atoms with Gasteiger partial charge < -0.3 is 30.0 Å². The van der Waals surface area contributed by atoms with Gasteiger partial charge in [0.2, 0.25) is 11.8 Å². The highest BCUT2D eigenvalue weighted by molar-refractivity contribution is 5.93. The first-order valence-corrected chi connectivity index (χ1v) is 13.7. The molecule has 0 saturated heterocycles. The van der Waals surface area contributed by atoms with Crippen LogP contribution in [-0.4, -0.2) is 54.9 Å². The highest BCUT2D eigenvalue weighted by atomic mass is 35.5. The first kappa shape index (κ1) is 32.8. The molecule has 2 aromatic heterocycles. The van der Waals surface area contributed by atoms with Crippen LogP contribution in [0.5, 0.6) is 23.1 Å². The van der Waals surface area contributed by atoms with E-state index in [1.165, 1.54) is 19.8 Å². The quantitative estimate of drug-likeness (QED) is 0.170. The number of benzene rings is 2. The van der Waals surface area contributed by atoms with Gasteiger partial charge in [0.15, 0.2) is 11.5 Å². The van der Waals surface area contributed by atoms with E-state index < -0.39 is 0 Å². The second-order valence-corrected chi connectivity index (χ2v) is 10.2. The number of anilines is 1. The molecule has 2 heterocycles. The maximum atomic E-state index is 11.4. The number of carbonyl (C=O) groups excluding carboxylic acids is 1. The van der Waals surface area contributed by atoms with E-state index in [1.54, 1.807) is 14.2 Å². The summed E-state index contributed by atoms with van der Waals surface area (Å²) in [6.45, 7) is 5.19. The van der Waals surface area contributed by atoms with Gasteiger partial charge in [-0.25, -0.2) is 9.97 Å². The van der Waals surface area contributed by atoms with E-state index in [-0.39, 0.29) is 36.6 Å². The van der Waals surface area contributed by atoms with Crippen molar-refractivity contribution in [2.45, 2.75) is 39.5 Å². The predicted octanol–water partition coefficient (Wildman–Crippen LogP) is 5.84. The van der Waals surface area contributed by atoms with E-state index >= 15 is 0 Å². The molecule has 5 rings (SSSR count). The Morgan fingerprint density at radius 3 is 2.36 bits per heavy atom. The predicted molar refractivity (Wildman–Crippen MR) is 170 cm³/mol. The minimum absolute atomic E-state index is 0. The number of ether oxygens (including phenoxy) is 3. The summed E-state index contributed by atoms with van der Waals surface area (Å²) in [6, 6.07) is 11.8. The van der Waals surface area contributed by atoms with Crippen LogP contribution < -0.4 is 24.8 Å². The van der Waals surface area contributed by atoms with Crippen LogP contribution in [0.3, 0.4) is 0 Å². The Kier molecular flexibility index (Phi) is 11.3. The molecule has 1 aliphatic carbocycles. The fourth-order valence-corrected chi connectivity index (χ4v) is 4.87. The largest absolute Gasteiger partial charge is 0.493 e. The number of fused-ring (bicyclic) bond motifs is 2. The molecule has 0 bridgehead atoms. The van der Waals surface area contributed by atoms with Crippen molar-refractivity contribution in [1.29, 1.82) is 0 Å². The molecule has 2 aromatic carbocycles. The molecule has 11 heteroatoms. The molecule has 226 valence electrons. The lowest BCUT2D eigenvalue weighted by atomic mass is 9.96. The van der Waals surface area contributed by atoms with Crippen molar-refractivity contribution in [2.24, 2.45) is 5.92 Å². The van der Waals surface area contributed by atoms with Crippen molar-refractivity contribution in [3.63, 3.8) is 0 Å². The third-order valence-electron chi connectivity index (χ3n) is 7.21. The van der Waals surface area contributed by atoms with Gasteiger partial charge in [0.25, 0.3) is 0 Å². The van der Waals surface area contributed by atoms with Crippen LogP contribution in [0.25, 0.3) is 21.7 Å². The Morgan fingerprint density at radius 2 is 1.71 bits per heavy atom. The second-order valence-electron chi connectivity index (χ2n) is 10.2. The van der Waals surface area contributed by atoms with Crippen molar-refractivity contribution in [3.8, 4) is 23.1 Å².